The molecule has 0 saturated heterocycles. The Morgan fingerprint density at radius 1 is 1.13 bits per heavy atom. The van der Waals surface area contributed by atoms with Gasteiger partial charge in [-0.25, -0.2) is 9.37 Å². The summed E-state index contributed by atoms with van der Waals surface area (Å²) in [6, 6.07) is 8.48. The van der Waals surface area contributed by atoms with Gasteiger partial charge >= 0.3 is 0 Å². The molecule has 158 valence electrons. The van der Waals surface area contributed by atoms with Gasteiger partial charge in [-0.2, -0.15) is 0 Å². The molecule has 3 aromatic heterocycles. The zero-order valence-electron chi connectivity index (χ0n) is 17.6. The molecular formula is C24H21ClFN3O2. The van der Waals surface area contributed by atoms with Gasteiger partial charge in [-0.3, -0.25) is 9.78 Å². The maximum Gasteiger partial charge on any atom is 0.196 e. The van der Waals surface area contributed by atoms with Crippen LogP contribution in [0.5, 0.6) is 0 Å². The number of hydrogen-bond donors (Lipinski definition) is 1. The number of benzene rings is 1. The van der Waals surface area contributed by atoms with Crippen LogP contribution in [0, 0.1) is 26.6 Å². The van der Waals surface area contributed by atoms with E-state index in [9.17, 15) is 9.18 Å². The maximum absolute atomic E-state index is 13.8. The fourth-order valence-corrected chi connectivity index (χ4v) is 3.88. The fourth-order valence-electron chi connectivity index (χ4n) is 3.69. The lowest BCUT2D eigenvalue weighted by molar-refractivity contribution is 0.598. The van der Waals surface area contributed by atoms with Gasteiger partial charge in [0, 0.05) is 22.9 Å². The molecule has 1 aromatic carbocycles. The lowest BCUT2D eigenvalue weighted by atomic mass is 9.99. The monoisotopic (exact) mass is 437 g/mol. The highest BCUT2D eigenvalue weighted by atomic mass is 35.5. The summed E-state index contributed by atoms with van der Waals surface area (Å²) in [5, 5.41) is 4.33. The van der Waals surface area contributed by atoms with Crippen LogP contribution in [0.4, 0.5) is 10.1 Å². The van der Waals surface area contributed by atoms with E-state index in [-0.39, 0.29) is 11.5 Å². The second-order valence-corrected chi connectivity index (χ2v) is 8.03. The molecule has 0 unspecified atom stereocenters. The smallest absolute Gasteiger partial charge is 0.196 e. The van der Waals surface area contributed by atoms with Gasteiger partial charge in [0.2, 0.25) is 0 Å². The molecule has 0 saturated carbocycles. The number of pyridine rings is 2. The van der Waals surface area contributed by atoms with Gasteiger partial charge in [0.25, 0.3) is 0 Å². The minimum absolute atomic E-state index is 0.151. The molecule has 5 nitrogen and oxygen atoms in total. The average Bonchev–Trinajstić information content (AvgIpc) is 2.72. The highest BCUT2D eigenvalue weighted by Crippen LogP contribution is 2.32. The second kappa shape index (κ2) is 8.12. The molecule has 4 rings (SSSR count). The van der Waals surface area contributed by atoms with E-state index in [0.29, 0.717) is 33.0 Å². The SMILES string of the molecule is Cc1cc([C@@H](C)Nc2ccc(Cl)nc2C)c2oc(-c3cncc(F)c3)c(C)c(=O)c2c1. The van der Waals surface area contributed by atoms with Gasteiger partial charge in [0.15, 0.2) is 5.43 Å². The fraction of sp³-hybridized carbons (Fsp3) is 0.208. The first kappa shape index (κ1) is 21.0. The van der Waals surface area contributed by atoms with Crippen molar-refractivity contribution in [3.8, 4) is 11.3 Å². The minimum atomic E-state index is -0.496. The van der Waals surface area contributed by atoms with Crippen molar-refractivity contribution in [1.29, 1.82) is 0 Å². The van der Waals surface area contributed by atoms with Crippen molar-refractivity contribution in [3.63, 3.8) is 0 Å². The molecule has 0 amide bonds. The lowest BCUT2D eigenvalue weighted by Gasteiger charge is -2.19. The second-order valence-electron chi connectivity index (χ2n) is 7.64. The molecule has 0 fully saturated rings. The van der Waals surface area contributed by atoms with Gasteiger partial charge in [-0.05, 0) is 57.5 Å². The Balaban J connectivity index is 1.89. The number of aromatic nitrogens is 2. The summed E-state index contributed by atoms with van der Waals surface area (Å²) >= 11 is 5.97. The van der Waals surface area contributed by atoms with Crippen LogP contribution in [-0.2, 0) is 0 Å². The highest BCUT2D eigenvalue weighted by molar-refractivity contribution is 6.29. The third-order valence-electron chi connectivity index (χ3n) is 5.25. The van der Waals surface area contributed by atoms with Crippen molar-refractivity contribution in [3.05, 3.63) is 86.3 Å². The quantitative estimate of drug-likeness (QED) is 0.388. The summed E-state index contributed by atoms with van der Waals surface area (Å²) in [5.41, 5.74) is 4.48. The predicted molar refractivity (Wildman–Crippen MR) is 121 cm³/mol. The standard InChI is InChI=1S/C24H21ClFN3O2/c1-12-7-18(14(3)28-20-5-6-21(25)29-15(20)4)24-19(8-12)22(30)13(2)23(31-24)16-9-17(26)11-27-10-16/h5-11,14,28H,1-4H3/t14-/m1/s1. The van der Waals surface area contributed by atoms with Crippen molar-refractivity contribution in [1.82, 2.24) is 9.97 Å². The number of nitrogens with one attached hydrogen (secondary N) is 1. The Labute approximate surface area is 183 Å². The molecular weight excluding hydrogens is 417 g/mol. The number of aryl methyl sites for hydroxylation is 2. The Morgan fingerprint density at radius 2 is 1.90 bits per heavy atom. The number of nitrogens with zero attached hydrogens (tertiary/aromatic N) is 2. The predicted octanol–water partition coefficient (Wildman–Crippen LogP) is 6.14. The van der Waals surface area contributed by atoms with Crippen molar-refractivity contribution >= 4 is 28.3 Å². The molecule has 31 heavy (non-hydrogen) atoms. The molecule has 0 aliphatic heterocycles. The van der Waals surface area contributed by atoms with Crippen molar-refractivity contribution in [2.75, 3.05) is 5.32 Å². The molecule has 0 radical (unpaired) electrons. The number of rotatable bonds is 4. The van der Waals surface area contributed by atoms with Crippen LogP contribution in [0.25, 0.3) is 22.3 Å². The molecule has 1 N–H and O–H groups in total. The lowest BCUT2D eigenvalue weighted by Crippen LogP contribution is -2.13. The molecule has 7 heteroatoms. The summed E-state index contributed by atoms with van der Waals surface area (Å²) in [6.45, 7) is 7.46. The van der Waals surface area contributed by atoms with E-state index in [4.69, 9.17) is 16.0 Å². The molecule has 4 aromatic rings. The number of hydrogen-bond acceptors (Lipinski definition) is 5. The molecule has 0 bridgehead atoms. The normalized spacial score (nSPS) is 12.2. The number of fused-ring (bicyclic) bond motifs is 1. The zero-order valence-corrected chi connectivity index (χ0v) is 18.3. The molecule has 1 atom stereocenters. The van der Waals surface area contributed by atoms with E-state index >= 15 is 0 Å². The average molecular weight is 438 g/mol. The minimum Gasteiger partial charge on any atom is -0.455 e. The molecule has 0 aliphatic rings. The number of halogens is 2. The molecule has 3 heterocycles. The third kappa shape index (κ3) is 4.03. The maximum atomic E-state index is 13.8. The first-order chi connectivity index (χ1) is 14.7. The summed E-state index contributed by atoms with van der Waals surface area (Å²) in [4.78, 5) is 21.3. The summed E-state index contributed by atoms with van der Waals surface area (Å²) in [5.74, 6) is -0.185. The first-order valence-electron chi connectivity index (χ1n) is 9.83. The van der Waals surface area contributed by atoms with Gasteiger partial charge in [-0.15, -0.1) is 0 Å². The van der Waals surface area contributed by atoms with E-state index in [2.05, 4.69) is 15.3 Å². The Morgan fingerprint density at radius 3 is 2.61 bits per heavy atom. The van der Waals surface area contributed by atoms with Crippen LogP contribution in [-0.4, -0.2) is 9.97 Å². The van der Waals surface area contributed by atoms with E-state index < -0.39 is 5.82 Å². The van der Waals surface area contributed by atoms with Crippen LogP contribution in [0.1, 0.15) is 35.3 Å². The third-order valence-corrected chi connectivity index (χ3v) is 5.46. The van der Waals surface area contributed by atoms with Crippen molar-refractivity contribution < 1.29 is 8.81 Å². The summed E-state index contributed by atoms with van der Waals surface area (Å²) < 4.78 is 20.0. The first-order valence-corrected chi connectivity index (χ1v) is 10.2. The molecule has 0 aliphatic carbocycles. The zero-order chi connectivity index (χ0) is 22.3. The molecule has 0 spiro atoms. The largest absolute Gasteiger partial charge is 0.455 e. The van der Waals surface area contributed by atoms with Crippen LogP contribution in [0.2, 0.25) is 5.15 Å². The van der Waals surface area contributed by atoms with E-state index in [0.717, 1.165) is 28.7 Å². The van der Waals surface area contributed by atoms with E-state index in [1.807, 2.05) is 39.0 Å². The Bertz CT molecular complexity index is 1370. The topological polar surface area (TPSA) is 68.0 Å². The van der Waals surface area contributed by atoms with Gasteiger partial charge < -0.3 is 9.73 Å². The number of anilines is 1. The van der Waals surface area contributed by atoms with Crippen LogP contribution in [0.3, 0.4) is 0 Å². The van der Waals surface area contributed by atoms with Crippen LogP contribution in [0.15, 0.2) is 51.9 Å². The van der Waals surface area contributed by atoms with Gasteiger partial charge in [0.05, 0.1) is 29.0 Å². The Kier molecular flexibility index (Phi) is 5.50. The van der Waals surface area contributed by atoms with Gasteiger partial charge in [-0.1, -0.05) is 17.7 Å². The Hall–Kier alpha value is -3.25. The van der Waals surface area contributed by atoms with Crippen LogP contribution < -0.4 is 10.7 Å². The van der Waals surface area contributed by atoms with E-state index in [1.165, 1.54) is 12.3 Å². The van der Waals surface area contributed by atoms with Crippen LogP contribution >= 0.6 is 11.6 Å². The van der Waals surface area contributed by atoms with Crippen molar-refractivity contribution in [2.24, 2.45) is 0 Å². The highest BCUT2D eigenvalue weighted by Gasteiger charge is 2.19. The van der Waals surface area contributed by atoms with E-state index in [1.54, 1.807) is 13.0 Å². The summed E-state index contributed by atoms with van der Waals surface area (Å²) in [6.07, 6.45) is 2.60. The van der Waals surface area contributed by atoms with Gasteiger partial charge in [0.1, 0.15) is 22.3 Å². The summed E-state index contributed by atoms with van der Waals surface area (Å²) in [7, 11) is 0. The van der Waals surface area contributed by atoms with Crippen molar-refractivity contribution in [2.45, 2.75) is 33.7 Å².